The zero-order valence-corrected chi connectivity index (χ0v) is 12.0. The molecule has 0 radical (unpaired) electrons. The van der Waals surface area contributed by atoms with Crippen LogP contribution >= 0.6 is 11.3 Å². The molecule has 106 valence electrons. The summed E-state index contributed by atoms with van der Waals surface area (Å²) >= 11 is 1.70. The second-order valence-electron chi connectivity index (χ2n) is 5.16. The Labute approximate surface area is 125 Å². The lowest BCUT2D eigenvalue weighted by molar-refractivity contribution is 0.439. The Hall–Kier alpha value is -2.14. The second kappa shape index (κ2) is 4.70. The summed E-state index contributed by atoms with van der Waals surface area (Å²) < 4.78 is 19.2. The van der Waals surface area contributed by atoms with Gasteiger partial charge >= 0.3 is 0 Å². The van der Waals surface area contributed by atoms with Gasteiger partial charge in [0.05, 0.1) is 10.4 Å². The standard InChI is InChI=1S/C16H13FN2OS/c17-11-6-2-1-5-10(11)14-15(19-20-16(14)18)13-8-9-4-3-7-12(9)21-13/h1-2,5-6,8H,3-4,7,18H2. The Bertz CT molecular complexity index is 800. The van der Waals surface area contributed by atoms with E-state index in [1.165, 1.54) is 22.9 Å². The van der Waals surface area contributed by atoms with Crippen LogP contribution < -0.4 is 5.73 Å². The van der Waals surface area contributed by atoms with Crippen LogP contribution in [0.4, 0.5) is 10.3 Å². The Kier molecular flexibility index (Phi) is 2.82. The van der Waals surface area contributed by atoms with Gasteiger partial charge in [-0.25, -0.2) is 4.39 Å². The minimum Gasteiger partial charge on any atom is -0.367 e. The highest BCUT2D eigenvalue weighted by molar-refractivity contribution is 7.15. The molecular formula is C16H13FN2OS. The molecule has 3 aromatic rings. The lowest BCUT2D eigenvalue weighted by atomic mass is 10.0. The molecule has 0 unspecified atom stereocenters. The van der Waals surface area contributed by atoms with E-state index in [-0.39, 0.29) is 11.7 Å². The molecule has 1 aliphatic rings. The predicted molar refractivity (Wildman–Crippen MR) is 81.6 cm³/mol. The molecule has 2 N–H and O–H groups in total. The number of aryl methyl sites for hydroxylation is 2. The van der Waals surface area contributed by atoms with Crippen molar-refractivity contribution >= 4 is 17.2 Å². The first kappa shape index (κ1) is 12.6. The molecule has 1 aliphatic carbocycles. The SMILES string of the molecule is Nc1onc(-c2cc3c(s2)CCC3)c1-c1ccccc1F. The number of hydrogen-bond acceptors (Lipinski definition) is 4. The molecule has 1 aromatic carbocycles. The normalized spacial score (nSPS) is 13.6. The van der Waals surface area contributed by atoms with E-state index in [1.807, 2.05) is 0 Å². The van der Waals surface area contributed by atoms with Gasteiger partial charge in [0.1, 0.15) is 11.5 Å². The third kappa shape index (κ3) is 1.96. The number of aromatic nitrogens is 1. The van der Waals surface area contributed by atoms with Gasteiger partial charge in [0.25, 0.3) is 0 Å². The van der Waals surface area contributed by atoms with Crippen LogP contribution in [0.25, 0.3) is 21.7 Å². The van der Waals surface area contributed by atoms with Crippen molar-refractivity contribution in [3.63, 3.8) is 0 Å². The highest BCUT2D eigenvalue weighted by Crippen LogP contribution is 2.42. The number of fused-ring (bicyclic) bond motifs is 1. The highest BCUT2D eigenvalue weighted by Gasteiger charge is 2.23. The van der Waals surface area contributed by atoms with Crippen molar-refractivity contribution in [3.8, 4) is 21.7 Å². The third-order valence-corrected chi connectivity index (χ3v) is 5.09. The largest absolute Gasteiger partial charge is 0.367 e. The maximum atomic E-state index is 14.1. The van der Waals surface area contributed by atoms with Crippen LogP contribution in [-0.2, 0) is 12.8 Å². The second-order valence-corrected chi connectivity index (χ2v) is 6.30. The molecule has 2 heterocycles. The molecule has 0 saturated heterocycles. The minimum atomic E-state index is -0.322. The van der Waals surface area contributed by atoms with Gasteiger partial charge in [-0.3, -0.25) is 0 Å². The van der Waals surface area contributed by atoms with Crippen molar-refractivity contribution in [2.75, 3.05) is 5.73 Å². The number of halogens is 1. The van der Waals surface area contributed by atoms with Gasteiger partial charge in [0.15, 0.2) is 0 Å². The summed E-state index contributed by atoms with van der Waals surface area (Å²) in [5.41, 5.74) is 8.87. The lowest BCUT2D eigenvalue weighted by Gasteiger charge is -2.02. The van der Waals surface area contributed by atoms with Crippen LogP contribution in [0, 0.1) is 5.82 Å². The van der Waals surface area contributed by atoms with Crippen molar-refractivity contribution in [3.05, 3.63) is 46.6 Å². The number of nitrogens with zero attached hydrogens (tertiary/aromatic N) is 1. The van der Waals surface area contributed by atoms with Crippen LogP contribution in [0.2, 0.25) is 0 Å². The van der Waals surface area contributed by atoms with E-state index in [4.69, 9.17) is 10.3 Å². The predicted octanol–water partition coefficient (Wildman–Crippen LogP) is 4.28. The lowest BCUT2D eigenvalue weighted by Crippen LogP contribution is -1.89. The van der Waals surface area contributed by atoms with Crippen LogP contribution in [0.3, 0.4) is 0 Å². The first-order chi connectivity index (χ1) is 10.2. The molecule has 0 saturated carbocycles. The van der Waals surface area contributed by atoms with E-state index >= 15 is 0 Å². The van der Waals surface area contributed by atoms with E-state index in [0.717, 1.165) is 17.7 Å². The summed E-state index contributed by atoms with van der Waals surface area (Å²) in [7, 11) is 0. The molecule has 0 bridgehead atoms. The fraction of sp³-hybridized carbons (Fsp3) is 0.188. The van der Waals surface area contributed by atoms with Gasteiger partial charge in [-0.15, -0.1) is 11.3 Å². The summed E-state index contributed by atoms with van der Waals surface area (Å²) in [6.07, 6.45) is 3.43. The molecular weight excluding hydrogens is 287 g/mol. The zero-order chi connectivity index (χ0) is 14.4. The molecule has 0 spiro atoms. The molecule has 4 rings (SSSR count). The highest BCUT2D eigenvalue weighted by atomic mass is 32.1. The third-order valence-electron chi connectivity index (χ3n) is 3.84. The summed E-state index contributed by atoms with van der Waals surface area (Å²) in [5.74, 6) is -0.165. The first-order valence-electron chi connectivity index (χ1n) is 6.86. The molecule has 3 nitrogen and oxygen atoms in total. The summed E-state index contributed by atoms with van der Waals surface area (Å²) in [5, 5.41) is 4.06. The maximum absolute atomic E-state index is 14.1. The quantitative estimate of drug-likeness (QED) is 0.768. The van der Waals surface area contributed by atoms with Gasteiger partial charge in [0.2, 0.25) is 5.88 Å². The number of anilines is 1. The smallest absolute Gasteiger partial charge is 0.230 e. The van der Waals surface area contributed by atoms with Crippen molar-refractivity contribution in [2.45, 2.75) is 19.3 Å². The number of thiophene rings is 1. The minimum absolute atomic E-state index is 0.156. The number of hydrogen-bond donors (Lipinski definition) is 1. The zero-order valence-electron chi connectivity index (χ0n) is 11.2. The topological polar surface area (TPSA) is 52.0 Å². The van der Waals surface area contributed by atoms with E-state index < -0.39 is 0 Å². The molecule has 0 amide bonds. The summed E-state index contributed by atoms with van der Waals surface area (Å²) in [6.45, 7) is 0. The molecule has 21 heavy (non-hydrogen) atoms. The first-order valence-corrected chi connectivity index (χ1v) is 7.67. The summed E-state index contributed by atoms with van der Waals surface area (Å²) in [6, 6.07) is 8.68. The average Bonchev–Trinajstić information content (AvgIpc) is 3.13. The molecule has 0 fully saturated rings. The number of benzene rings is 1. The van der Waals surface area contributed by atoms with Crippen molar-refractivity contribution < 1.29 is 8.91 Å². The van der Waals surface area contributed by atoms with E-state index in [0.29, 0.717) is 16.8 Å². The van der Waals surface area contributed by atoms with E-state index in [1.54, 1.807) is 29.5 Å². The van der Waals surface area contributed by atoms with E-state index in [9.17, 15) is 4.39 Å². The molecule has 0 aliphatic heterocycles. The van der Waals surface area contributed by atoms with Gasteiger partial charge < -0.3 is 10.3 Å². The number of rotatable bonds is 2. The van der Waals surface area contributed by atoms with Gasteiger partial charge in [0, 0.05) is 10.4 Å². The monoisotopic (exact) mass is 300 g/mol. The molecule has 2 aromatic heterocycles. The summed E-state index contributed by atoms with van der Waals surface area (Å²) in [4.78, 5) is 2.39. The Balaban J connectivity index is 1.89. The Morgan fingerprint density at radius 1 is 1.24 bits per heavy atom. The Morgan fingerprint density at radius 2 is 2.10 bits per heavy atom. The van der Waals surface area contributed by atoms with Gasteiger partial charge in [-0.2, -0.15) is 0 Å². The average molecular weight is 300 g/mol. The van der Waals surface area contributed by atoms with Crippen LogP contribution in [-0.4, -0.2) is 5.16 Å². The number of nitrogen functional groups attached to an aromatic ring is 1. The molecule has 5 heteroatoms. The van der Waals surface area contributed by atoms with Crippen LogP contribution in [0.15, 0.2) is 34.9 Å². The molecule has 0 atom stereocenters. The van der Waals surface area contributed by atoms with Crippen molar-refractivity contribution in [1.82, 2.24) is 5.16 Å². The van der Waals surface area contributed by atoms with Gasteiger partial charge in [-0.1, -0.05) is 23.4 Å². The van der Waals surface area contributed by atoms with E-state index in [2.05, 4.69) is 11.2 Å². The van der Waals surface area contributed by atoms with Crippen molar-refractivity contribution in [2.24, 2.45) is 0 Å². The van der Waals surface area contributed by atoms with Crippen LogP contribution in [0.1, 0.15) is 16.9 Å². The fourth-order valence-electron chi connectivity index (χ4n) is 2.84. The number of nitrogens with two attached hydrogens (primary N) is 1. The van der Waals surface area contributed by atoms with Crippen molar-refractivity contribution in [1.29, 1.82) is 0 Å². The maximum Gasteiger partial charge on any atom is 0.230 e. The van der Waals surface area contributed by atoms with Crippen LogP contribution in [0.5, 0.6) is 0 Å². The van der Waals surface area contributed by atoms with Gasteiger partial charge in [-0.05, 0) is 37.0 Å². The fourth-order valence-corrected chi connectivity index (χ4v) is 4.08. The Morgan fingerprint density at radius 3 is 2.90 bits per heavy atom.